The zero-order valence-corrected chi connectivity index (χ0v) is 17.2. The summed E-state index contributed by atoms with van der Waals surface area (Å²) >= 11 is 6.36. The first-order valence-corrected chi connectivity index (χ1v) is 10.3. The number of amides is 1. The second-order valence-electron chi connectivity index (χ2n) is 6.60. The highest BCUT2D eigenvalue weighted by Gasteiger charge is 2.33. The van der Waals surface area contributed by atoms with Gasteiger partial charge >= 0.3 is 0 Å². The molecule has 2 aromatic rings. The second-order valence-corrected chi connectivity index (χ2v) is 8.28. The minimum Gasteiger partial charge on any atom is -0.378 e. The van der Waals surface area contributed by atoms with Crippen molar-refractivity contribution in [1.29, 1.82) is 0 Å². The Labute approximate surface area is 181 Å². The molecule has 154 valence electrons. The predicted molar refractivity (Wildman–Crippen MR) is 118 cm³/mol. The van der Waals surface area contributed by atoms with E-state index in [1.807, 2.05) is 4.90 Å². The van der Waals surface area contributed by atoms with Crippen molar-refractivity contribution in [3.05, 3.63) is 68.9 Å². The van der Waals surface area contributed by atoms with E-state index >= 15 is 0 Å². The molecule has 10 heteroatoms. The Hall–Kier alpha value is -2.82. The number of hydrogen-bond acceptors (Lipinski definition) is 7. The third-order valence-electron chi connectivity index (χ3n) is 4.71. The molecule has 2 aliphatic rings. The van der Waals surface area contributed by atoms with Gasteiger partial charge in [0.15, 0.2) is 4.32 Å². The number of hydrogen-bond donors (Lipinski definition) is 0. The van der Waals surface area contributed by atoms with Crippen molar-refractivity contribution in [3.8, 4) is 0 Å². The number of carbonyl (C=O) groups excluding carboxylic acids is 1. The fourth-order valence-electron chi connectivity index (χ4n) is 3.31. The number of nitrogens with zero attached hydrogens (tertiary/aromatic N) is 3. The van der Waals surface area contributed by atoms with E-state index in [0.29, 0.717) is 48.1 Å². The fraction of sp³-hybridized carbons (Fsp3) is 0.200. The van der Waals surface area contributed by atoms with Crippen molar-refractivity contribution in [2.45, 2.75) is 0 Å². The van der Waals surface area contributed by atoms with Crippen molar-refractivity contribution in [1.82, 2.24) is 0 Å². The lowest BCUT2D eigenvalue weighted by molar-refractivity contribution is -0.384. The zero-order chi connectivity index (χ0) is 21.3. The Kier molecular flexibility index (Phi) is 5.80. The summed E-state index contributed by atoms with van der Waals surface area (Å²) in [6.07, 6.45) is 1.56. The van der Waals surface area contributed by atoms with E-state index in [2.05, 4.69) is 0 Å². The van der Waals surface area contributed by atoms with Crippen molar-refractivity contribution < 1.29 is 18.8 Å². The number of benzene rings is 2. The Morgan fingerprint density at radius 3 is 2.67 bits per heavy atom. The molecule has 0 spiro atoms. The van der Waals surface area contributed by atoms with Crippen LogP contribution in [0, 0.1) is 15.9 Å². The number of nitro benzene ring substituents is 1. The van der Waals surface area contributed by atoms with E-state index in [-0.39, 0.29) is 10.0 Å². The van der Waals surface area contributed by atoms with Crippen molar-refractivity contribution in [2.75, 3.05) is 36.1 Å². The third kappa shape index (κ3) is 4.07. The van der Waals surface area contributed by atoms with Crippen LogP contribution in [-0.2, 0) is 9.53 Å². The van der Waals surface area contributed by atoms with Gasteiger partial charge in [-0.2, -0.15) is 0 Å². The first-order valence-electron chi connectivity index (χ1n) is 9.09. The highest BCUT2D eigenvalue weighted by atomic mass is 32.2. The van der Waals surface area contributed by atoms with Gasteiger partial charge in [0.2, 0.25) is 0 Å². The number of carbonyl (C=O) groups is 1. The molecule has 2 fully saturated rings. The number of ether oxygens (including phenoxy) is 1. The van der Waals surface area contributed by atoms with Crippen LogP contribution < -0.4 is 9.80 Å². The maximum Gasteiger partial charge on any atom is 0.293 e. The van der Waals surface area contributed by atoms with Gasteiger partial charge in [0.25, 0.3) is 11.6 Å². The topological polar surface area (TPSA) is 75.9 Å². The lowest BCUT2D eigenvalue weighted by Gasteiger charge is -2.28. The molecule has 2 aromatic carbocycles. The van der Waals surface area contributed by atoms with Gasteiger partial charge in [-0.1, -0.05) is 36.1 Å². The highest BCUT2D eigenvalue weighted by Crippen LogP contribution is 2.37. The van der Waals surface area contributed by atoms with E-state index in [1.54, 1.807) is 24.3 Å². The summed E-state index contributed by atoms with van der Waals surface area (Å²) in [6, 6.07) is 10.5. The maximum absolute atomic E-state index is 13.6. The van der Waals surface area contributed by atoms with Crippen LogP contribution >= 0.6 is 24.0 Å². The molecule has 0 N–H and O–H groups in total. The summed E-state index contributed by atoms with van der Waals surface area (Å²) in [5.74, 6) is -0.865. The maximum atomic E-state index is 13.6. The number of anilines is 2. The normalized spacial score (nSPS) is 18.4. The van der Waals surface area contributed by atoms with Crippen LogP contribution in [0.15, 0.2) is 47.4 Å². The van der Waals surface area contributed by atoms with Crippen LogP contribution in [0.5, 0.6) is 0 Å². The summed E-state index contributed by atoms with van der Waals surface area (Å²) in [5, 5.41) is 11.6. The minimum absolute atomic E-state index is 0.0359. The number of nitro groups is 1. The molecule has 0 aliphatic carbocycles. The van der Waals surface area contributed by atoms with Crippen LogP contribution in [0.2, 0.25) is 0 Å². The quantitative estimate of drug-likeness (QED) is 0.305. The second kappa shape index (κ2) is 8.50. The average Bonchev–Trinajstić information content (AvgIpc) is 3.01. The molecular weight excluding hydrogens is 429 g/mol. The van der Waals surface area contributed by atoms with Gasteiger partial charge in [-0.15, -0.1) is 0 Å². The molecule has 0 bridgehead atoms. The lowest BCUT2D eigenvalue weighted by atomic mass is 10.1. The van der Waals surface area contributed by atoms with Gasteiger partial charge in [-0.05, 0) is 35.9 Å². The van der Waals surface area contributed by atoms with Gasteiger partial charge in [-0.25, -0.2) is 4.39 Å². The number of thiocarbonyl (C=S) groups is 1. The van der Waals surface area contributed by atoms with Crippen molar-refractivity contribution >= 4 is 57.3 Å². The molecule has 7 nitrogen and oxygen atoms in total. The van der Waals surface area contributed by atoms with Gasteiger partial charge in [0, 0.05) is 19.2 Å². The van der Waals surface area contributed by atoms with Gasteiger partial charge in [0.05, 0.1) is 28.7 Å². The lowest BCUT2D eigenvalue weighted by Crippen LogP contribution is -2.36. The van der Waals surface area contributed by atoms with E-state index in [9.17, 15) is 19.3 Å². The molecular formula is C20H16FN3O4S2. The zero-order valence-electron chi connectivity index (χ0n) is 15.6. The average molecular weight is 445 g/mol. The fourth-order valence-corrected chi connectivity index (χ4v) is 4.60. The molecule has 0 radical (unpaired) electrons. The SMILES string of the molecule is O=C1/C(=C\c2ccc(N3CCOCC3)c([N+](=O)[O-])c2)SC(=S)N1c1cccc(F)c1. The number of rotatable bonds is 4. The van der Waals surface area contributed by atoms with Gasteiger partial charge in [-0.3, -0.25) is 19.8 Å². The van der Waals surface area contributed by atoms with E-state index in [0.717, 1.165) is 11.8 Å². The molecule has 2 heterocycles. The molecule has 0 atom stereocenters. The summed E-state index contributed by atoms with van der Waals surface area (Å²) in [6.45, 7) is 2.18. The first kappa shape index (κ1) is 20.5. The number of halogens is 1. The van der Waals surface area contributed by atoms with Crippen LogP contribution in [0.1, 0.15) is 5.56 Å². The third-order valence-corrected chi connectivity index (χ3v) is 6.01. The molecule has 0 unspecified atom stereocenters. The summed E-state index contributed by atoms with van der Waals surface area (Å²) in [4.78, 5) is 27.5. The molecule has 4 rings (SSSR count). The van der Waals surface area contributed by atoms with Gasteiger partial charge in [0.1, 0.15) is 11.5 Å². The minimum atomic E-state index is -0.472. The molecule has 1 amide bonds. The van der Waals surface area contributed by atoms with Crippen LogP contribution in [-0.4, -0.2) is 41.5 Å². The molecule has 2 saturated heterocycles. The van der Waals surface area contributed by atoms with Gasteiger partial charge < -0.3 is 9.64 Å². The number of thioether (sulfide) groups is 1. The highest BCUT2D eigenvalue weighted by molar-refractivity contribution is 8.27. The molecule has 30 heavy (non-hydrogen) atoms. The Balaban J connectivity index is 1.64. The molecule has 2 aliphatic heterocycles. The van der Waals surface area contributed by atoms with Crippen LogP contribution in [0.25, 0.3) is 6.08 Å². The summed E-state index contributed by atoms with van der Waals surface area (Å²) in [7, 11) is 0. The monoisotopic (exact) mass is 445 g/mol. The largest absolute Gasteiger partial charge is 0.378 e. The van der Waals surface area contributed by atoms with E-state index in [4.69, 9.17) is 17.0 Å². The standard InChI is InChI=1S/C20H16FN3O4S2/c21-14-2-1-3-15(12-14)23-19(25)18(30-20(23)29)11-13-4-5-16(17(10-13)24(26)27)22-6-8-28-9-7-22/h1-5,10-12H,6-9H2/b18-11+. The predicted octanol–water partition coefficient (Wildman–Crippen LogP) is 3.98. The first-order chi connectivity index (χ1) is 14.4. The smallest absolute Gasteiger partial charge is 0.293 e. The van der Waals surface area contributed by atoms with Crippen LogP contribution in [0.3, 0.4) is 0 Å². The Bertz CT molecular complexity index is 1070. The van der Waals surface area contributed by atoms with E-state index in [1.165, 1.54) is 29.2 Å². The molecule has 0 saturated carbocycles. The van der Waals surface area contributed by atoms with E-state index < -0.39 is 16.6 Å². The Morgan fingerprint density at radius 2 is 1.97 bits per heavy atom. The number of morpholine rings is 1. The van der Waals surface area contributed by atoms with Crippen molar-refractivity contribution in [2.24, 2.45) is 0 Å². The summed E-state index contributed by atoms with van der Waals surface area (Å²) < 4.78 is 19.1. The Morgan fingerprint density at radius 1 is 1.20 bits per heavy atom. The summed E-state index contributed by atoms with van der Waals surface area (Å²) in [5.41, 5.74) is 1.34. The van der Waals surface area contributed by atoms with Crippen LogP contribution in [0.4, 0.5) is 21.5 Å². The molecule has 0 aromatic heterocycles. The van der Waals surface area contributed by atoms with Crippen molar-refractivity contribution in [3.63, 3.8) is 0 Å².